The van der Waals surface area contributed by atoms with Crippen LogP contribution in [0.5, 0.6) is 0 Å². The number of halogens is 2. The van der Waals surface area contributed by atoms with E-state index in [1.165, 1.54) is 12.1 Å². The first-order valence-corrected chi connectivity index (χ1v) is 6.62. The van der Waals surface area contributed by atoms with Crippen molar-refractivity contribution in [3.8, 4) is 11.4 Å². The second kappa shape index (κ2) is 5.43. The predicted octanol–water partition coefficient (Wildman–Crippen LogP) is 2.91. The minimum Gasteiger partial charge on any atom is -0.311 e. The van der Waals surface area contributed by atoms with Crippen molar-refractivity contribution in [2.24, 2.45) is 0 Å². The molecule has 0 aliphatic heterocycles. The Bertz CT molecular complexity index is 629. The Kier molecular flexibility index (Phi) is 3.89. The number of aromatic nitrogens is 3. The molecule has 0 aliphatic carbocycles. The normalized spacial score (nSPS) is 10.7. The van der Waals surface area contributed by atoms with Gasteiger partial charge in [0.2, 0.25) is 0 Å². The first-order chi connectivity index (χ1) is 9.06. The molecule has 8 heteroatoms. The fourth-order valence-electron chi connectivity index (χ4n) is 1.79. The maximum atomic E-state index is 13.4. The second-order valence-electron chi connectivity index (χ2n) is 3.77. The van der Waals surface area contributed by atoms with Crippen molar-refractivity contribution in [1.29, 1.82) is 0 Å². The Morgan fingerprint density at radius 3 is 2.74 bits per heavy atom. The van der Waals surface area contributed by atoms with E-state index < -0.39 is 10.7 Å². The Balaban J connectivity index is 2.58. The first-order valence-electron chi connectivity index (χ1n) is 5.50. The van der Waals surface area contributed by atoms with Gasteiger partial charge in [-0.25, -0.2) is 4.39 Å². The monoisotopic (exact) mass is 328 g/mol. The molecule has 0 radical (unpaired) electrons. The smallest absolute Gasteiger partial charge is 0.273 e. The number of non-ortho nitro benzene ring substituents is 1. The average Bonchev–Trinajstić information content (AvgIpc) is 2.80. The molecule has 6 nitrogen and oxygen atoms in total. The highest BCUT2D eigenvalue weighted by Gasteiger charge is 2.16. The number of alkyl halides is 1. The molecule has 0 fully saturated rings. The van der Waals surface area contributed by atoms with Crippen molar-refractivity contribution < 1.29 is 9.31 Å². The maximum absolute atomic E-state index is 13.4. The van der Waals surface area contributed by atoms with Crippen LogP contribution >= 0.6 is 15.9 Å². The van der Waals surface area contributed by atoms with Crippen molar-refractivity contribution in [2.75, 3.05) is 0 Å². The van der Waals surface area contributed by atoms with Gasteiger partial charge in [-0.05, 0) is 13.0 Å². The summed E-state index contributed by atoms with van der Waals surface area (Å²) in [5.74, 6) is 0.430. The van der Waals surface area contributed by atoms with Gasteiger partial charge in [0.1, 0.15) is 11.6 Å². The third kappa shape index (κ3) is 2.62. The van der Waals surface area contributed by atoms with Gasteiger partial charge in [0.25, 0.3) is 5.69 Å². The lowest BCUT2D eigenvalue weighted by atomic mass is 10.2. The van der Waals surface area contributed by atoms with E-state index in [2.05, 4.69) is 26.1 Å². The Hall–Kier alpha value is -1.83. The highest BCUT2D eigenvalue weighted by atomic mass is 79.9. The third-order valence-corrected chi connectivity index (χ3v) is 3.12. The molecular weight excluding hydrogens is 319 g/mol. The summed E-state index contributed by atoms with van der Waals surface area (Å²) < 4.78 is 15.2. The van der Waals surface area contributed by atoms with Crippen molar-refractivity contribution in [1.82, 2.24) is 14.8 Å². The average molecular weight is 329 g/mol. The zero-order valence-electron chi connectivity index (χ0n) is 10.0. The van der Waals surface area contributed by atoms with Crippen LogP contribution in [0.1, 0.15) is 12.7 Å². The number of hydrogen-bond acceptors (Lipinski definition) is 4. The molecule has 2 rings (SSSR count). The van der Waals surface area contributed by atoms with E-state index >= 15 is 0 Å². The van der Waals surface area contributed by atoms with Crippen molar-refractivity contribution in [3.63, 3.8) is 0 Å². The number of nitrogens with zero attached hydrogens (tertiary/aromatic N) is 4. The maximum Gasteiger partial charge on any atom is 0.273 e. The molecule has 19 heavy (non-hydrogen) atoms. The van der Waals surface area contributed by atoms with E-state index in [-0.39, 0.29) is 5.69 Å². The quantitative estimate of drug-likeness (QED) is 0.491. The second-order valence-corrected chi connectivity index (χ2v) is 4.33. The summed E-state index contributed by atoms with van der Waals surface area (Å²) in [5.41, 5.74) is 0.0364. The summed E-state index contributed by atoms with van der Waals surface area (Å²) in [6, 6.07) is 3.38. The van der Waals surface area contributed by atoms with Crippen molar-refractivity contribution in [2.45, 2.75) is 18.8 Å². The number of nitro benzene ring substituents is 1. The molecule has 0 aliphatic rings. The molecule has 1 heterocycles. The molecule has 0 saturated carbocycles. The van der Waals surface area contributed by atoms with Crippen LogP contribution in [0.2, 0.25) is 0 Å². The van der Waals surface area contributed by atoms with E-state index in [9.17, 15) is 14.5 Å². The Labute approximate surface area is 116 Å². The molecule has 100 valence electrons. The van der Waals surface area contributed by atoms with E-state index in [0.29, 0.717) is 29.1 Å². The zero-order valence-corrected chi connectivity index (χ0v) is 11.6. The fraction of sp³-hybridized carbons (Fsp3) is 0.273. The molecule has 0 saturated heterocycles. The molecule has 0 unspecified atom stereocenters. The fourth-order valence-corrected chi connectivity index (χ4v) is 2.20. The number of benzene rings is 1. The van der Waals surface area contributed by atoms with Gasteiger partial charge in [0, 0.05) is 18.2 Å². The topological polar surface area (TPSA) is 73.8 Å². The first kappa shape index (κ1) is 13.6. The van der Waals surface area contributed by atoms with Crippen LogP contribution in [0.25, 0.3) is 11.4 Å². The van der Waals surface area contributed by atoms with Crippen LogP contribution in [0.4, 0.5) is 10.1 Å². The highest BCUT2D eigenvalue weighted by molar-refractivity contribution is 9.08. The summed E-state index contributed by atoms with van der Waals surface area (Å²) >= 11 is 3.28. The molecule has 2 aromatic rings. The van der Waals surface area contributed by atoms with Crippen molar-refractivity contribution in [3.05, 3.63) is 40.0 Å². The predicted molar refractivity (Wildman–Crippen MR) is 70.4 cm³/mol. The standard InChI is InChI=1S/C11H10BrFN4O2/c1-2-16-10(6-12)14-15-11(16)7-3-8(13)5-9(4-7)17(18)19/h3-5H,2,6H2,1H3. The van der Waals surface area contributed by atoms with E-state index in [4.69, 9.17) is 0 Å². The molecule has 0 N–H and O–H groups in total. The molecule has 0 amide bonds. The van der Waals surface area contributed by atoms with Gasteiger partial charge in [-0.15, -0.1) is 10.2 Å². The lowest BCUT2D eigenvalue weighted by Gasteiger charge is -2.06. The van der Waals surface area contributed by atoms with Gasteiger partial charge in [0.05, 0.1) is 16.3 Å². The molecule has 0 spiro atoms. The largest absolute Gasteiger partial charge is 0.311 e. The minimum absolute atomic E-state index is 0.305. The van der Waals surface area contributed by atoms with Gasteiger partial charge in [0.15, 0.2) is 5.82 Å². The Morgan fingerprint density at radius 1 is 1.42 bits per heavy atom. The van der Waals surface area contributed by atoms with Gasteiger partial charge < -0.3 is 4.57 Å². The van der Waals surface area contributed by atoms with E-state index in [1.54, 1.807) is 4.57 Å². The number of nitro groups is 1. The molecule has 1 aromatic heterocycles. The van der Waals surface area contributed by atoms with Crippen LogP contribution in [-0.2, 0) is 11.9 Å². The van der Waals surface area contributed by atoms with Crippen LogP contribution in [0, 0.1) is 15.9 Å². The van der Waals surface area contributed by atoms with Gasteiger partial charge >= 0.3 is 0 Å². The molecule has 0 atom stereocenters. The minimum atomic E-state index is -0.671. The number of rotatable bonds is 4. The summed E-state index contributed by atoms with van der Waals surface area (Å²) in [5, 5.41) is 19.2. The van der Waals surface area contributed by atoms with E-state index in [0.717, 1.165) is 6.07 Å². The SMILES string of the molecule is CCn1c(CBr)nnc1-c1cc(F)cc([N+](=O)[O-])c1. The van der Waals surface area contributed by atoms with Crippen LogP contribution in [-0.4, -0.2) is 19.7 Å². The van der Waals surface area contributed by atoms with Gasteiger partial charge in [-0.3, -0.25) is 10.1 Å². The zero-order chi connectivity index (χ0) is 14.0. The highest BCUT2D eigenvalue weighted by Crippen LogP contribution is 2.25. The van der Waals surface area contributed by atoms with Crippen LogP contribution in [0.3, 0.4) is 0 Å². The van der Waals surface area contributed by atoms with Crippen LogP contribution < -0.4 is 0 Å². The molecule has 1 aromatic carbocycles. The lowest BCUT2D eigenvalue weighted by molar-refractivity contribution is -0.385. The molecule has 0 bridgehead atoms. The Morgan fingerprint density at radius 2 is 2.16 bits per heavy atom. The van der Waals surface area contributed by atoms with Gasteiger partial charge in [-0.2, -0.15) is 0 Å². The van der Waals surface area contributed by atoms with Crippen molar-refractivity contribution >= 4 is 21.6 Å². The molecular formula is C11H10BrFN4O2. The van der Waals surface area contributed by atoms with Gasteiger partial charge in [-0.1, -0.05) is 15.9 Å². The van der Waals surface area contributed by atoms with E-state index in [1.807, 2.05) is 6.92 Å². The summed E-state index contributed by atoms with van der Waals surface area (Å²) in [6.45, 7) is 2.49. The summed E-state index contributed by atoms with van der Waals surface area (Å²) in [7, 11) is 0. The van der Waals surface area contributed by atoms with Crippen LogP contribution in [0.15, 0.2) is 18.2 Å². The lowest BCUT2D eigenvalue weighted by Crippen LogP contribution is -2.02. The summed E-state index contributed by atoms with van der Waals surface area (Å²) in [6.07, 6.45) is 0. The summed E-state index contributed by atoms with van der Waals surface area (Å²) in [4.78, 5) is 10.1. The number of hydrogen-bond donors (Lipinski definition) is 0. The third-order valence-electron chi connectivity index (χ3n) is 2.61.